The fraction of sp³-hybridized carbons (Fsp3) is 0.833. The van der Waals surface area contributed by atoms with Crippen molar-refractivity contribution in [2.45, 2.75) is 37.9 Å². The molecule has 0 spiro atoms. The number of aliphatic hydroxyl groups is 1. The second-order valence-electron chi connectivity index (χ2n) is 5.00. The van der Waals surface area contributed by atoms with Gasteiger partial charge in [-0.25, -0.2) is 4.79 Å². The lowest BCUT2D eigenvalue weighted by atomic mass is 9.98. The molecule has 6 nitrogen and oxygen atoms in total. The van der Waals surface area contributed by atoms with Crippen LogP contribution in [0.25, 0.3) is 0 Å². The Hall–Kier alpha value is -1.14. The maximum absolute atomic E-state index is 12.2. The zero-order chi connectivity index (χ0) is 13.1. The molecule has 2 saturated heterocycles. The normalized spacial score (nSPS) is 32.5. The second-order valence-corrected chi connectivity index (χ2v) is 5.00. The van der Waals surface area contributed by atoms with Crippen LogP contribution in [0.1, 0.15) is 25.7 Å². The maximum Gasteiger partial charge on any atom is 0.332 e. The summed E-state index contributed by atoms with van der Waals surface area (Å²) in [6.45, 7) is 1.31. The van der Waals surface area contributed by atoms with Gasteiger partial charge >= 0.3 is 5.97 Å². The van der Waals surface area contributed by atoms with Crippen molar-refractivity contribution in [3.8, 4) is 0 Å². The lowest BCUT2D eigenvalue weighted by molar-refractivity contribution is -0.155. The molecule has 0 aliphatic carbocycles. The fourth-order valence-electron chi connectivity index (χ4n) is 2.62. The summed E-state index contributed by atoms with van der Waals surface area (Å²) in [5.41, 5.74) is 0. The molecule has 0 aromatic heterocycles. The van der Waals surface area contributed by atoms with Crippen molar-refractivity contribution < 1.29 is 24.5 Å². The molecule has 0 bridgehead atoms. The molecule has 0 radical (unpaired) electrons. The summed E-state index contributed by atoms with van der Waals surface area (Å²) in [7, 11) is 0. The van der Waals surface area contributed by atoms with Crippen LogP contribution in [-0.4, -0.2) is 58.9 Å². The van der Waals surface area contributed by atoms with Crippen LogP contribution in [0.4, 0.5) is 0 Å². The van der Waals surface area contributed by atoms with E-state index in [9.17, 15) is 9.59 Å². The zero-order valence-electron chi connectivity index (χ0n) is 10.2. The number of carbonyl (C=O) groups excluding carboxylic acids is 1. The average Bonchev–Trinajstić information content (AvgIpc) is 2.87. The average molecular weight is 257 g/mol. The third kappa shape index (κ3) is 2.81. The fourth-order valence-corrected chi connectivity index (χ4v) is 2.62. The molecule has 2 N–H and O–H groups in total. The number of aliphatic carboxylic acids is 1. The van der Waals surface area contributed by atoms with Crippen LogP contribution in [0.5, 0.6) is 0 Å². The number of likely N-dealkylation sites (tertiary alicyclic amines) is 1. The minimum atomic E-state index is -1.00. The first kappa shape index (κ1) is 13.3. The van der Waals surface area contributed by atoms with Gasteiger partial charge in [0.25, 0.3) is 5.91 Å². The SMILES string of the molecule is O=C(O)C1CCC(C(=O)N2CCCC(CO)C2)O1. The first-order valence-corrected chi connectivity index (χ1v) is 6.39. The third-order valence-corrected chi connectivity index (χ3v) is 3.66. The maximum atomic E-state index is 12.2. The predicted octanol–water partition coefficient (Wildman–Crippen LogP) is -0.151. The molecule has 18 heavy (non-hydrogen) atoms. The monoisotopic (exact) mass is 257 g/mol. The second kappa shape index (κ2) is 5.67. The predicted molar refractivity (Wildman–Crippen MR) is 61.9 cm³/mol. The highest BCUT2D eigenvalue weighted by molar-refractivity contribution is 5.82. The third-order valence-electron chi connectivity index (χ3n) is 3.66. The van der Waals surface area contributed by atoms with Crippen molar-refractivity contribution in [2.75, 3.05) is 19.7 Å². The molecule has 1 amide bonds. The van der Waals surface area contributed by atoms with Crippen LogP contribution >= 0.6 is 0 Å². The molecule has 0 aromatic carbocycles. The molecule has 2 aliphatic rings. The van der Waals surface area contributed by atoms with Gasteiger partial charge in [-0.3, -0.25) is 4.79 Å². The highest BCUT2D eigenvalue weighted by Crippen LogP contribution is 2.24. The Morgan fingerprint density at radius 3 is 2.56 bits per heavy atom. The number of aliphatic hydroxyl groups excluding tert-OH is 1. The number of carboxylic acid groups (broad SMARTS) is 1. The number of nitrogens with zero attached hydrogens (tertiary/aromatic N) is 1. The molecule has 0 aromatic rings. The topological polar surface area (TPSA) is 87.1 Å². The molecule has 2 heterocycles. The van der Waals surface area contributed by atoms with Crippen molar-refractivity contribution in [2.24, 2.45) is 5.92 Å². The largest absolute Gasteiger partial charge is 0.479 e. The number of piperidine rings is 1. The first-order chi connectivity index (χ1) is 8.61. The van der Waals surface area contributed by atoms with Crippen LogP contribution in [0, 0.1) is 5.92 Å². The number of rotatable bonds is 3. The Morgan fingerprint density at radius 1 is 1.22 bits per heavy atom. The van der Waals surface area contributed by atoms with E-state index in [0.29, 0.717) is 25.9 Å². The molecule has 6 heteroatoms. The highest BCUT2D eigenvalue weighted by Gasteiger charge is 2.37. The first-order valence-electron chi connectivity index (χ1n) is 6.39. The van der Waals surface area contributed by atoms with Crippen LogP contribution in [0.2, 0.25) is 0 Å². The molecule has 3 unspecified atom stereocenters. The summed E-state index contributed by atoms with van der Waals surface area (Å²) in [5, 5.41) is 17.9. The number of carbonyl (C=O) groups is 2. The quantitative estimate of drug-likeness (QED) is 0.734. The van der Waals surface area contributed by atoms with Crippen LogP contribution in [0.3, 0.4) is 0 Å². The molecule has 3 atom stereocenters. The van der Waals surface area contributed by atoms with Gasteiger partial charge in [0, 0.05) is 19.7 Å². The Kier molecular flexibility index (Phi) is 4.19. The number of carboxylic acids is 1. The van der Waals surface area contributed by atoms with Gasteiger partial charge < -0.3 is 19.8 Å². The summed E-state index contributed by atoms with van der Waals surface area (Å²) in [4.78, 5) is 24.6. The van der Waals surface area contributed by atoms with Gasteiger partial charge in [-0.15, -0.1) is 0 Å². The van der Waals surface area contributed by atoms with Crippen molar-refractivity contribution in [3.05, 3.63) is 0 Å². The van der Waals surface area contributed by atoms with Crippen molar-refractivity contribution in [1.29, 1.82) is 0 Å². The number of ether oxygens (including phenoxy) is 1. The van der Waals surface area contributed by atoms with Crippen LogP contribution < -0.4 is 0 Å². The highest BCUT2D eigenvalue weighted by atomic mass is 16.5. The molecule has 0 saturated carbocycles. The Morgan fingerprint density at radius 2 is 1.94 bits per heavy atom. The molecule has 2 fully saturated rings. The molecular weight excluding hydrogens is 238 g/mol. The Bertz CT molecular complexity index is 332. The Balaban J connectivity index is 1.89. The van der Waals surface area contributed by atoms with Gasteiger partial charge in [-0.1, -0.05) is 0 Å². The smallest absolute Gasteiger partial charge is 0.332 e. The minimum Gasteiger partial charge on any atom is -0.479 e. The van der Waals surface area contributed by atoms with Crippen molar-refractivity contribution >= 4 is 11.9 Å². The van der Waals surface area contributed by atoms with Crippen LogP contribution in [-0.2, 0) is 14.3 Å². The van der Waals surface area contributed by atoms with Gasteiger partial charge in [-0.05, 0) is 31.6 Å². The number of hydrogen-bond donors (Lipinski definition) is 2. The van der Waals surface area contributed by atoms with E-state index in [1.165, 1.54) is 0 Å². The lowest BCUT2D eigenvalue weighted by Crippen LogP contribution is -2.45. The van der Waals surface area contributed by atoms with Gasteiger partial charge in [0.2, 0.25) is 0 Å². The van der Waals surface area contributed by atoms with Gasteiger partial charge in [-0.2, -0.15) is 0 Å². The standard InChI is InChI=1S/C12H19NO5/c14-7-8-2-1-5-13(6-8)11(15)9-3-4-10(18-9)12(16)17/h8-10,14H,1-7H2,(H,16,17). The minimum absolute atomic E-state index is 0.0903. The van der Waals surface area contributed by atoms with E-state index in [4.69, 9.17) is 14.9 Å². The molecule has 2 rings (SSSR count). The summed E-state index contributed by atoms with van der Waals surface area (Å²) in [6, 6.07) is 0. The zero-order valence-corrected chi connectivity index (χ0v) is 10.2. The van der Waals surface area contributed by atoms with E-state index in [2.05, 4.69) is 0 Å². The summed E-state index contributed by atoms with van der Waals surface area (Å²) in [5.74, 6) is -0.992. The summed E-state index contributed by atoms with van der Waals surface area (Å²) >= 11 is 0. The number of hydrogen-bond acceptors (Lipinski definition) is 4. The van der Waals surface area contributed by atoms with Crippen molar-refractivity contribution in [3.63, 3.8) is 0 Å². The van der Waals surface area contributed by atoms with Gasteiger partial charge in [0.1, 0.15) is 6.10 Å². The summed E-state index contributed by atoms with van der Waals surface area (Å²) < 4.78 is 5.25. The lowest BCUT2D eigenvalue weighted by Gasteiger charge is -2.33. The summed E-state index contributed by atoms with van der Waals surface area (Å²) in [6.07, 6.45) is 1.20. The molecule has 102 valence electrons. The van der Waals surface area contributed by atoms with E-state index >= 15 is 0 Å². The van der Waals surface area contributed by atoms with E-state index in [0.717, 1.165) is 12.8 Å². The Labute approximate surface area is 106 Å². The van der Waals surface area contributed by atoms with E-state index in [-0.39, 0.29) is 18.4 Å². The number of amides is 1. The molecule has 2 aliphatic heterocycles. The van der Waals surface area contributed by atoms with E-state index in [1.54, 1.807) is 4.90 Å². The van der Waals surface area contributed by atoms with Gasteiger partial charge in [0.15, 0.2) is 6.10 Å². The van der Waals surface area contributed by atoms with Crippen molar-refractivity contribution in [1.82, 2.24) is 4.90 Å². The molecular formula is C12H19NO5. The van der Waals surface area contributed by atoms with Crippen LogP contribution in [0.15, 0.2) is 0 Å². The van der Waals surface area contributed by atoms with E-state index in [1.807, 2.05) is 0 Å². The van der Waals surface area contributed by atoms with Gasteiger partial charge in [0.05, 0.1) is 0 Å². The van der Waals surface area contributed by atoms with E-state index < -0.39 is 18.2 Å².